The quantitative estimate of drug-likeness (QED) is 0.607. The summed E-state index contributed by atoms with van der Waals surface area (Å²) in [5.74, 6) is -0.796. The molecule has 2 aliphatic heterocycles. The Morgan fingerprint density at radius 3 is 2.67 bits per heavy atom. The molecule has 1 saturated heterocycles. The molecule has 0 saturated carbocycles. The molecule has 0 spiro atoms. The number of carbonyl (C=O) groups excluding carboxylic acids is 3. The Kier molecular flexibility index (Phi) is 5.92. The van der Waals surface area contributed by atoms with Gasteiger partial charge in [0.25, 0.3) is 5.91 Å². The van der Waals surface area contributed by atoms with Gasteiger partial charge in [-0.3, -0.25) is 19.7 Å². The highest BCUT2D eigenvalue weighted by atomic mass is 16.2. The minimum absolute atomic E-state index is 0.140. The van der Waals surface area contributed by atoms with Gasteiger partial charge in [-0.2, -0.15) is 0 Å². The van der Waals surface area contributed by atoms with Crippen LogP contribution < -0.4 is 16.0 Å². The Morgan fingerprint density at radius 2 is 1.93 bits per heavy atom. The molecule has 4 rings (SSSR count). The summed E-state index contributed by atoms with van der Waals surface area (Å²) < 4.78 is 0. The number of carbonyl (C=O) groups is 3. The molecule has 2 heterocycles. The van der Waals surface area contributed by atoms with Crippen LogP contribution in [0.1, 0.15) is 45.9 Å². The predicted molar refractivity (Wildman–Crippen MR) is 112 cm³/mol. The second-order valence-corrected chi connectivity index (χ2v) is 7.77. The van der Waals surface area contributed by atoms with E-state index in [2.05, 4.69) is 28.1 Å². The van der Waals surface area contributed by atoms with Gasteiger partial charge in [0.2, 0.25) is 11.8 Å². The highest BCUT2D eigenvalue weighted by Crippen LogP contribution is 2.28. The SMILES string of the molecule is CNC(CNCc1ccc2c(c1)CN(C1CCC(=O)NC1=O)C2=O)c1ccccc1. The van der Waals surface area contributed by atoms with Crippen LogP contribution in [0.25, 0.3) is 0 Å². The lowest BCUT2D eigenvalue weighted by molar-refractivity contribution is -0.136. The van der Waals surface area contributed by atoms with Gasteiger partial charge in [0.1, 0.15) is 6.04 Å². The lowest BCUT2D eigenvalue weighted by Gasteiger charge is -2.29. The molecule has 30 heavy (non-hydrogen) atoms. The van der Waals surface area contributed by atoms with Crippen molar-refractivity contribution in [1.82, 2.24) is 20.9 Å². The van der Waals surface area contributed by atoms with Gasteiger partial charge in [0.15, 0.2) is 0 Å². The number of nitrogens with one attached hydrogen (secondary N) is 3. The Bertz CT molecular complexity index is 960. The van der Waals surface area contributed by atoms with Gasteiger partial charge >= 0.3 is 0 Å². The molecule has 2 aromatic rings. The topological polar surface area (TPSA) is 90.5 Å². The minimum atomic E-state index is -0.577. The maximum Gasteiger partial charge on any atom is 0.255 e. The van der Waals surface area contributed by atoms with Crippen LogP contribution in [0.2, 0.25) is 0 Å². The van der Waals surface area contributed by atoms with Crippen LogP contribution in [0.5, 0.6) is 0 Å². The average molecular weight is 406 g/mol. The molecule has 7 nitrogen and oxygen atoms in total. The van der Waals surface area contributed by atoms with Crippen molar-refractivity contribution in [3.8, 4) is 0 Å². The normalized spacial score (nSPS) is 19.6. The largest absolute Gasteiger partial charge is 0.322 e. The number of hydrogen-bond acceptors (Lipinski definition) is 5. The maximum absolute atomic E-state index is 12.8. The molecule has 2 aliphatic rings. The van der Waals surface area contributed by atoms with Crippen molar-refractivity contribution >= 4 is 17.7 Å². The summed E-state index contributed by atoms with van der Waals surface area (Å²) in [6.07, 6.45) is 0.642. The summed E-state index contributed by atoms with van der Waals surface area (Å²) in [4.78, 5) is 37.9. The molecule has 2 aromatic carbocycles. The third kappa shape index (κ3) is 4.13. The number of likely N-dealkylation sites (N-methyl/N-ethyl adjacent to an activating group) is 1. The molecular formula is C23H26N4O3. The van der Waals surface area contributed by atoms with Gasteiger partial charge in [-0.05, 0) is 36.2 Å². The van der Waals surface area contributed by atoms with Crippen molar-refractivity contribution < 1.29 is 14.4 Å². The van der Waals surface area contributed by atoms with Crippen LogP contribution in [-0.2, 0) is 22.7 Å². The van der Waals surface area contributed by atoms with Gasteiger partial charge in [-0.25, -0.2) is 0 Å². The van der Waals surface area contributed by atoms with Gasteiger partial charge in [-0.15, -0.1) is 0 Å². The Balaban J connectivity index is 1.38. The summed E-state index contributed by atoms with van der Waals surface area (Å²) >= 11 is 0. The number of imide groups is 1. The predicted octanol–water partition coefficient (Wildman–Crippen LogP) is 1.50. The molecule has 2 unspecified atom stereocenters. The molecule has 1 fully saturated rings. The molecule has 0 bridgehead atoms. The number of hydrogen-bond donors (Lipinski definition) is 3. The standard InChI is InChI=1S/C23H26N4O3/c1-24-19(16-5-3-2-4-6-16)13-25-12-15-7-8-18-17(11-15)14-27(23(18)30)20-9-10-21(28)26-22(20)29/h2-8,11,19-20,24-25H,9-10,12-14H2,1H3,(H,26,28,29). The van der Waals surface area contributed by atoms with E-state index in [1.807, 2.05) is 43.4 Å². The fourth-order valence-corrected chi connectivity index (χ4v) is 4.17. The first-order valence-corrected chi connectivity index (χ1v) is 10.3. The second-order valence-electron chi connectivity index (χ2n) is 7.77. The van der Waals surface area contributed by atoms with Crippen LogP contribution in [0.4, 0.5) is 0 Å². The highest BCUT2D eigenvalue weighted by Gasteiger charge is 2.38. The second kappa shape index (κ2) is 8.77. The molecule has 156 valence electrons. The van der Waals surface area contributed by atoms with Crippen molar-refractivity contribution in [3.05, 3.63) is 70.8 Å². The number of nitrogens with zero attached hydrogens (tertiary/aromatic N) is 1. The summed E-state index contributed by atoms with van der Waals surface area (Å²) in [5.41, 5.74) is 3.89. The smallest absolute Gasteiger partial charge is 0.255 e. The third-order valence-electron chi connectivity index (χ3n) is 5.82. The molecule has 2 atom stereocenters. The zero-order chi connectivity index (χ0) is 21.1. The number of fused-ring (bicyclic) bond motifs is 1. The number of rotatable bonds is 7. The van der Waals surface area contributed by atoms with E-state index in [0.717, 1.165) is 17.7 Å². The first-order chi connectivity index (χ1) is 14.6. The lowest BCUT2D eigenvalue weighted by atomic mass is 10.0. The Morgan fingerprint density at radius 1 is 1.13 bits per heavy atom. The van der Waals surface area contributed by atoms with Crippen molar-refractivity contribution in [3.63, 3.8) is 0 Å². The van der Waals surface area contributed by atoms with Crippen molar-refractivity contribution in [1.29, 1.82) is 0 Å². The molecule has 3 amide bonds. The van der Waals surface area contributed by atoms with E-state index in [-0.39, 0.29) is 30.2 Å². The van der Waals surface area contributed by atoms with Crippen LogP contribution in [0.15, 0.2) is 48.5 Å². The molecule has 3 N–H and O–H groups in total. The van der Waals surface area contributed by atoms with E-state index in [9.17, 15) is 14.4 Å². The fourth-order valence-electron chi connectivity index (χ4n) is 4.17. The Labute approximate surface area is 175 Å². The number of benzene rings is 2. The van der Waals surface area contributed by atoms with E-state index in [4.69, 9.17) is 0 Å². The zero-order valence-corrected chi connectivity index (χ0v) is 17.0. The lowest BCUT2D eigenvalue weighted by Crippen LogP contribution is -2.52. The fraction of sp³-hybridized carbons (Fsp3) is 0.348. The third-order valence-corrected chi connectivity index (χ3v) is 5.82. The summed E-state index contributed by atoms with van der Waals surface area (Å²) in [6, 6.07) is 15.7. The van der Waals surface area contributed by atoms with Crippen LogP contribution in [-0.4, -0.2) is 42.3 Å². The first kappa shape index (κ1) is 20.3. The summed E-state index contributed by atoms with van der Waals surface area (Å²) in [7, 11) is 1.95. The van der Waals surface area contributed by atoms with E-state index >= 15 is 0 Å². The minimum Gasteiger partial charge on any atom is -0.322 e. The number of amides is 3. The molecule has 7 heteroatoms. The maximum atomic E-state index is 12.8. The van der Waals surface area contributed by atoms with E-state index in [0.29, 0.717) is 25.1 Å². The molecule has 0 aromatic heterocycles. The zero-order valence-electron chi connectivity index (χ0n) is 17.0. The highest BCUT2D eigenvalue weighted by molar-refractivity contribution is 6.05. The first-order valence-electron chi connectivity index (χ1n) is 10.3. The van der Waals surface area contributed by atoms with Gasteiger partial charge < -0.3 is 15.5 Å². The van der Waals surface area contributed by atoms with Crippen LogP contribution in [0.3, 0.4) is 0 Å². The van der Waals surface area contributed by atoms with Crippen molar-refractivity contribution in [2.75, 3.05) is 13.6 Å². The average Bonchev–Trinajstić information content (AvgIpc) is 3.07. The summed E-state index contributed by atoms with van der Waals surface area (Å²) in [5, 5.41) is 9.14. The van der Waals surface area contributed by atoms with Gasteiger partial charge in [0, 0.05) is 37.7 Å². The summed E-state index contributed by atoms with van der Waals surface area (Å²) in [6.45, 7) is 1.86. The monoisotopic (exact) mass is 406 g/mol. The van der Waals surface area contributed by atoms with Crippen LogP contribution in [0, 0.1) is 0 Å². The van der Waals surface area contributed by atoms with Gasteiger partial charge in [-0.1, -0.05) is 42.5 Å². The van der Waals surface area contributed by atoms with E-state index in [1.165, 1.54) is 5.56 Å². The van der Waals surface area contributed by atoms with E-state index in [1.54, 1.807) is 4.90 Å². The van der Waals surface area contributed by atoms with Crippen molar-refractivity contribution in [2.24, 2.45) is 0 Å². The van der Waals surface area contributed by atoms with Crippen molar-refractivity contribution in [2.45, 2.75) is 38.0 Å². The molecule has 0 aliphatic carbocycles. The molecular weight excluding hydrogens is 380 g/mol. The van der Waals surface area contributed by atoms with Crippen LogP contribution >= 0.6 is 0 Å². The number of piperidine rings is 1. The molecule has 0 radical (unpaired) electrons. The van der Waals surface area contributed by atoms with Gasteiger partial charge in [0.05, 0.1) is 0 Å². The van der Waals surface area contributed by atoms with E-state index < -0.39 is 6.04 Å². The Hall–Kier alpha value is -3.03.